The van der Waals surface area contributed by atoms with Crippen LogP contribution >= 0.6 is 0 Å². The second-order valence-corrected chi connectivity index (χ2v) is 5.74. The monoisotopic (exact) mass is 258 g/mol. The number of aryl methyl sites for hydroxylation is 2. The van der Waals surface area contributed by atoms with Crippen molar-refractivity contribution in [1.29, 1.82) is 5.41 Å². The van der Waals surface area contributed by atoms with E-state index in [1.54, 1.807) is 0 Å². The number of amidine groups is 1. The molecule has 0 amide bonds. The molecule has 4 heteroatoms. The highest BCUT2D eigenvalue weighted by Crippen LogP contribution is 2.31. The summed E-state index contributed by atoms with van der Waals surface area (Å²) in [5.74, 6) is 1.86. The smallest absolute Gasteiger partial charge is 0.139 e. The van der Waals surface area contributed by atoms with Crippen LogP contribution in [0.5, 0.6) is 0 Å². The number of pyridine rings is 1. The third-order valence-corrected chi connectivity index (χ3v) is 4.48. The van der Waals surface area contributed by atoms with E-state index in [4.69, 9.17) is 16.1 Å². The van der Waals surface area contributed by atoms with Gasteiger partial charge in [-0.3, -0.25) is 5.41 Å². The van der Waals surface area contributed by atoms with Crippen molar-refractivity contribution in [3.05, 3.63) is 22.9 Å². The SMILES string of the molecule is CCC1CCN(c2nc3c(cc2C(=N)N)CCC3)C1. The summed E-state index contributed by atoms with van der Waals surface area (Å²) in [5.41, 5.74) is 9.10. The van der Waals surface area contributed by atoms with Gasteiger partial charge < -0.3 is 10.6 Å². The van der Waals surface area contributed by atoms with Gasteiger partial charge in [-0.2, -0.15) is 0 Å². The quantitative estimate of drug-likeness (QED) is 0.644. The van der Waals surface area contributed by atoms with Crippen molar-refractivity contribution in [1.82, 2.24) is 4.98 Å². The van der Waals surface area contributed by atoms with E-state index in [0.717, 1.165) is 43.2 Å². The molecular weight excluding hydrogens is 236 g/mol. The van der Waals surface area contributed by atoms with Gasteiger partial charge in [0.25, 0.3) is 0 Å². The molecule has 3 N–H and O–H groups in total. The predicted octanol–water partition coefficient (Wildman–Crippen LogP) is 2.09. The van der Waals surface area contributed by atoms with Gasteiger partial charge in [-0.1, -0.05) is 13.3 Å². The average molecular weight is 258 g/mol. The second-order valence-electron chi connectivity index (χ2n) is 5.74. The van der Waals surface area contributed by atoms with Crippen LogP contribution in [0.15, 0.2) is 6.07 Å². The van der Waals surface area contributed by atoms with Crippen LogP contribution in [0.2, 0.25) is 0 Å². The fraction of sp³-hybridized carbons (Fsp3) is 0.600. The van der Waals surface area contributed by atoms with Crippen LogP contribution in [0.3, 0.4) is 0 Å². The molecule has 3 rings (SSSR count). The van der Waals surface area contributed by atoms with E-state index in [0.29, 0.717) is 0 Å². The molecule has 0 spiro atoms. The molecule has 0 radical (unpaired) electrons. The molecule has 102 valence electrons. The van der Waals surface area contributed by atoms with E-state index in [2.05, 4.69) is 17.9 Å². The number of aromatic nitrogens is 1. The molecule has 1 unspecified atom stereocenters. The van der Waals surface area contributed by atoms with Crippen LogP contribution in [0.4, 0.5) is 5.82 Å². The zero-order valence-electron chi connectivity index (χ0n) is 11.6. The Morgan fingerprint density at radius 2 is 2.37 bits per heavy atom. The van der Waals surface area contributed by atoms with Crippen LogP contribution in [0.1, 0.15) is 43.0 Å². The molecular formula is C15H22N4. The number of nitrogens with two attached hydrogens (primary N) is 1. The van der Waals surface area contributed by atoms with Crippen molar-refractivity contribution in [2.45, 2.75) is 39.0 Å². The first-order chi connectivity index (χ1) is 9.19. The molecule has 2 heterocycles. The van der Waals surface area contributed by atoms with E-state index in [1.807, 2.05) is 0 Å². The number of hydrogen-bond donors (Lipinski definition) is 2. The fourth-order valence-electron chi connectivity index (χ4n) is 3.26. The molecule has 0 aromatic carbocycles. The molecule has 1 aliphatic heterocycles. The van der Waals surface area contributed by atoms with E-state index >= 15 is 0 Å². The lowest BCUT2D eigenvalue weighted by Gasteiger charge is -2.21. The molecule has 1 saturated heterocycles. The third kappa shape index (κ3) is 2.20. The predicted molar refractivity (Wildman–Crippen MR) is 77.9 cm³/mol. The Bertz CT molecular complexity index is 509. The molecule has 2 aliphatic rings. The molecule has 1 atom stereocenters. The summed E-state index contributed by atoms with van der Waals surface area (Å²) in [6.07, 6.45) is 5.79. The van der Waals surface area contributed by atoms with Crippen molar-refractivity contribution in [3.63, 3.8) is 0 Å². The second kappa shape index (κ2) is 4.83. The van der Waals surface area contributed by atoms with Gasteiger partial charge in [-0.15, -0.1) is 0 Å². The van der Waals surface area contributed by atoms with Crippen molar-refractivity contribution < 1.29 is 0 Å². The van der Waals surface area contributed by atoms with Crippen molar-refractivity contribution in [3.8, 4) is 0 Å². The van der Waals surface area contributed by atoms with Gasteiger partial charge in [0.15, 0.2) is 0 Å². The molecule has 19 heavy (non-hydrogen) atoms. The standard InChI is InChI=1S/C15H22N4/c1-2-10-6-7-19(9-10)15-12(14(16)17)8-11-4-3-5-13(11)18-15/h8,10H,2-7,9H2,1H3,(H3,16,17). The Kier molecular flexibility index (Phi) is 3.17. The van der Waals surface area contributed by atoms with Gasteiger partial charge >= 0.3 is 0 Å². The topological polar surface area (TPSA) is 66.0 Å². The molecule has 0 saturated carbocycles. The fourth-order valence-corrected chi connectivity index (χ4v) is 3.26. The highest BCUT2D eigenvalue weighted by atomic mass is 15.2. The summed E-state index contributed by atoms with van der Waals surface area (Å²) in [5, 5.41) is 7.81. The van der Waals surface area contributed by atoms with Crippen LogP contribution in [-0.2, 0) is 12.8 Å². The number of nitrogens with zero attached hydrogens (tertiary/aromatic N) is 2. The van der Waals surface area contributed by atoms with Gasteiger partial charge in [0.1, 0.15) is 11.7 Å². The Balaban J connectivity index is 1.98. The van der Waals surface area contributed by atoms with Gasteiger partial charge in [0.2, 0.25) is 0 Å². The Hall–Kier alpha value is -1.58. The Morgan fingerprint density at radius 3 is 3.05 bits per heavy atom. The van der Waals surface area contributed by atoms with E-state index in [-0.39, 0.29) is 5.84 Å². The summed E-state index contributed by atoms with van der Waals surface area (Å²) in [6.45, 7) is 4.35. The number of anilines is 1. The third-order valence-electron chi connectivity index (χ3n) is 4.48. The number of rotatable bonds is 3. The molecule has 1 aromatic heterocycles. The van der Waals surface area contributed by atoms with Crippen molar-refractivity contribution in [2.24, 2.45) is 11.7 Å². The molecule has 4 nitrogen and oxygen atoms in total. The lowest BCUT2D eigenvalue weighted by atomic mass is 10.1. The zero-order chi connectivity index (χ0) is 13.4. The minimum atomic E-state index is 0.150. The van der Waals surface area contributed by atoms with Crippen LogP contribution in [-0.4, -0.2) is 23.9 Å². The van der Waals surface area contributed by atoms with Gasteiger partial charge in [0, 0.05) is 18.8 Å². The highest BCUT2D eigenvalue weighted by molar-refractivity contribution is 6.00. The van der Waals surface area contributed by atoms with Crippen LogP contribution in [0.25, 0.3) is 0 Å². The van der Waals surface area contributed by atoms with Crippen molar-refractivity contribution in [2.75, 3.05) is 18.0 Å². The number of fused-ring (bicyclic) bond motifs is 1. The molecule has 1 aromatic rings. The first kappa shape index (κ1) is 12.5. The summed E-state index contributed by atoms with van der Waals surface area (Å²) in [7, 11) is 0. The zero-order valence-corrected chi connectivity index (χ0v) is 11.6. The number of nitrogens with one attached hydrogen (secondary N) is 1. The Labute approximate surface area is 114 Å². The number of hydrogen-bond acceptors (Lipinski definition) is 3. The minimum Gasteiger partial charge on any atom is -0.384 e. The van der Waals surface area contributed by atoms with E-state index in [9.17, 15) is 0 Å². The summed E-state index contributed by atoms with van der Waals surface area (Å²) >= 11 is 0. The highest BCUT2D eigenvalue weighted by Gasteiger charge is 2.26. The van der Waals surface area contributed by atoms with Crippen molar-refractivity contribution >= 4 is 11.7 Å². The van der Waals surface area contributed by atoms with E-state index < -0.39 is 0 Å². The molecule has 0 bridgehead atoms. The summed E-state index contributed by atoms with van der Waals surface area (Å²) in [6, 6.07) is 2.10. The maximum atomic E-state index is 7.81. The first-order valence-corrected chi connectivity index (χ1v) is 7.31. The number of nitrogen functional groups attached to an aromatic ring is 1. The summed E-state index contributed by atoms with van der Waals surface area (Å²) in [4.78, 5) is 7.15. The average Bonchev–Trinajstić information content (AvgIpc) is 3.05. The van der Waals surface area contributed by atoms with Gasteiger partial charge in [0.05, 0.1) is 5.56 Å². The van der Waals surface area contributed by atoms with Gasteiger partial charge in [-0.25, -0.2) is 4.98 Å². The molecule has 1 fully saturated rings. The lowest BCUT2D eigenvalue weighted by molar-refractivity contribution is 0.568. The Morgan fingerprint density at radius 1 is 1.53 bits per heavy atom. The minimum absolute atomic E-state index is 0.150. The first-order valence-electron chi connectivity index (χ1n) is 7.31. The maximum Gasteiger partial charge on any atom is 0.139 e. The molecule has 1 aliphatic carbocycles. The largest absolute Gasteiger partial charge is 0.384 e. The normalized spacial score (nSPS) is 21.7. The lowest BCUT2D eigenvalue weighted by Crippen LogP contribution is -2.26. The summed E-state index contributed by atoms with van der Waals surface area (Å²) < 4.78 is 0. The maximum absolute atomic E-state index is 7.81. The van der Waals surface area contributed by atoms with Crippen LogP contribution in [0, 0.1) is 11.3 Å². The van der Waals surface area contributed by atoms with Crippen LogP contribution < -0.4 is 10.6 Å². The van der Waals surface area contributed by atoms with E-state index in [1.165, 1.54) is 30.5 Å². The van der Waals surface area contributed by atoms with Gasteiger partial charge in [-0.05, 0) is 43.2 Å².